The van der Waals surface area contributed by atoms with Crippen molar-refractivity contribution >= 4 is 24.7 Å². The third kappa shape index (κ3) is 7.73. The van der Waals surface area contributed by atoms with Gasteiger partial charge in [-0.05, 0) is 56.5 Å². The first-order chi connectivity index (χ1) is 20.6. The lowest BCUT2D eigenvalue weighted by molar-refractivity contribution is -0.351. The van der Waals surface area contributed by atoms with Crippen LogP contribution in [-0.4, -0.2) is 58.2 Å². The van der Waals surface area contributed by atoms with E-state index in [2.05, 4.69) is 101 Å². The van der Waals surface area contributed by atoms with Gasteiger partial charge in [-0.25, -0.2) is 0 Å². The predicted molar refractivity (Wildman–Crippen MR) is 179 cm³/mol. The standard InChI is InChI=1S/C37H54O6Si/c1-34(2,3)33(38)39-25-23-31-37(9)27-40-36(7,8)43-32(37)26-28(42-31)18-16-17-24-41-44(35(4,5)6,29-19-12-10-13-20-29)30-21-14-11-15-22-30/h10-16,18-22,28,31-32H,17,23-27H2,1-9H3/b18-16+/t28-,31+,32-,37+/m1/s1. The van der Waals surface area contributed by atoms with Gasteiger partial charge in [-0.1, -0.05) is 101 Å². The monoisotopic (exact) mass is 622 g/mol. The Kier molecular flexibility index (Phi) is 10.7. The zero-order valence-electron chi connectivity index (χ0n) is 28.4. The molecule has 6 nitrogen and oxygen atoms in total. The lowest BCUT2D eigenvalue weighted by Gasteiger charge is -2.54. The molecule has 2 heterocycles. The zero-order chi connectivity index (χ0) is 32.2. The van der Waals surface area contributed by atoms with Crippen molar-refractivity contribution < 1.29 is 28.2 Å². The smallest absolute Gasteiger partial charge is 0.311 e. The number of ether oxygens (including phenoxy) is 4. The number of carbonyl (C=O) groups is 1. The van der Waals surface area contributed by atoms with E-state index in [4.69, 9.17) is 23.4 Å². The van der Waals surface area contributed by atoms with Gasteiger partial charge >= 0.3 is 5.97 Å². The van der Waals surface area contributed by atoms with Crippen LogP contribution in [0.1, 0.15) is 81.6 Å². The molecule has 44 heavy (non-hydrogen) atoms. The van der Waals surface area contributed by atoms with E-state index < -0.39 is 19.5 Å². The molecule has 2 aliphatic rings. The van der Waals surface area contributed by atoms with Gasteiger partial charge in [0.2, 0.25) is 0 Å². The normalized spacial score (nSPS) is 25.9. The maximum atomic E-state index is 12.4. The second-order valence-electron chi connectivity index (χ2n) is 15.1. The summed E-state index contributed by atoms with van der Waals surface area (Å²) in [5, 5.41) is 2.51. The van der Waals surface area contributed by atoms with Crippen LogP contribution in [0.25, 0.3) is 0 Å². The van der Waals surface area contributed by atoms with Gasteiger partial charge in [-0.3, -0.25) is 4.79 Å². The average molecular weight is 623 g/mol. The Morgan fingerprint density at radius 1 is 0.932 bits per heavy atom. The van der Waals surface area contributed by atoms with Crippen molar-refractivity contribution in [3.8, 4) is 0 Å². The second kappa shape index (κ2) is 13.6. The molecule has 2 fully saturated rings. The summed E-state index contributed by atoms with van der Waals surface area (Å²) < 4.78 is 31.9. The molecule has 0 saturated carbocycles. The van der Waals surface area contributed by atoms with Gasteiger partial charge in [0.05, 0.1) is 36.9 Å². The Morgan fingerprint density at radius 3 is 2.07 bits per heavy atom. The van der Waals surface area contributed by atoms with Crippen molar-refractivity contribution in [2.75, 3.05) is 19.8 Å². The molecule has 0 radical (unpaired) electrons. The van der Waals surface area contributed by atoms with Gasteiger partial charge in [0.1, 0.15) is 0 Å². The number of rotatable bonds is 10. The summed E-state index contributed by atoms with van der Waals surface area (Å²) >= 11 is 0. The van der Waals surface area contributed by atoms with E-state index >= 15 is 0 Å². The summed E-state index contributed by atoms with van der Waals surface area (Å²) in [5.74, 6) is -0.854. The molecule has 0 unspecified atom stereocenters. The van der Waals surface area contributed by atoms with Gasteiger partial charge in [-0.15, -0.1) is 0 Å². The highest BCUT2D eigenvalue weighted by molar-refractivity contribution is 6.99. The molecule has 4 atom stereocenters. The van der Waals surface area contributed by atoms with Crippen LogP contribution < -0.4 is 10.4 Å². The van der Waals surface area contributed by atoms with Crippen molar-refractivity contribution in [3.05, 3.63) is 72.8 Å². The van der Waals surface area contributed by atoms with Gasteiger partial charge < -0.3 is 23.4 Å². The van der Waals surface area contributed by atoms with E-state index in [1.807, 2.05) is 34.6 Å². The first-order valence-electron chi connectivity index (χ1n) is 16.1. The molecule has 0 aromatic heterocycles. The molecule has 242 valence electrons. The van der Waals surface area contributed by atoms with Crippen LogP contribution >= 0.6 is 0 Å². The van der Waals surface area contributed by atoms with Crippen LogP contribution in [0.5, 0.6) is 0 Å². The molecule has 0 bridgehead atoms. The Morgan fingerprint density at radius 2 is 1.52 bits per heavy atom. The summed E-state index contributed by atoms with van der Waals surface area (Å²) in [7, 11) is -2.58. The minimum absolute atomic E-state index is 0.0358. The fraction of sp³-hybridized carbons (Fsp3) is 0.595. The van der Waals surface area contributed by atoms with Crippen LogP contribution in [0.15, 0.2) is 72.8 Å². The number of fused-ring (bicyclic) bond motifs is 1. The Hall–Kier alpha value is -2.29. The highest BCUT2D eigenvalue weighted by atomic mass is 28.4. The third-order valence-electron chi connectivity index (χ3n) is 9.01. The molecule has 0 spiro atoms. The first kappa shape index (κ1) is 34.6. The van der Waals surface area contributed by atoms with Crippen LogP contribution in [0.3, 0.4) is 0 Å². The van der Waals surface area contributed by atoms with Crippen molar-refractivity contribution in [2.45, 2.75) is 111 Å². The van der Waals surface area contributed by atoms with E-state index in [1.54, 1.807) is 0 Å². The molecule has 0 amide bonds. The van der Waals surface area contributed by atoms with Gasteiger partial charge in [0.15, 0.2) is 5.79 Å². The zero-order valence-corrected chi connectivity index (χ0v) is 29.4. The van der Waals surface area contributed by atoms with Crippen LogP contribution in [0.2, 0.25) is 5.04 Å². The minimum atomic E-state index is -2.58. The van der Waals surface area contributed by atoms with E-state index in [0.717, 1.165) is 12.8 Å². The largest absolute Gasteiger partial charge is 0.465 e. The molecule has 4 rings (SSSR count). The molecule has 2 saturated heterocycles. The van der Waals surface area contributed by atoms with E-state index in [-0.39, 0.29) is 34.7 Å². The lowest BCUT2D eigenvalue weighted by atomic mass is 9.73. The third-order valence-corrected chi connectivity index (χ3v) is 14.1. The van der Waals surface area contributed by atoms with Gasteiger partial charge in [0, 0.05) is 24.9 Å². The number of carbonyl (C=O) groups excluding carboxylic acids is 1. The Balaban J connectivity index is 1.47. The predicted octanol–water partition coefficient (Wildman–Crippen LogP) is 6.80. The fourth-order valence-electron chi connectivity index (χ4n) is 6.47. The van der Waals surface area contributed by atoms with Crippen molar-refractivity contribution in [3.63, 3.8) is 0 Å². The maximum Gasteiger partial charge on any atom is 0.311 e. The minimum Gasteiger partial charge on any atom is -0.465 e. The topological polar surface area (TPSA) is 63.2 Å². The fourth-order valence-corrected chi connectivity index (χ4v) is 11.1. The molecular weight excluding hydrogens is 568 g/mol. The average Bonchev–Trinajstić information content (AvgIpc) is 2.95. The molecule has 2 aromatic carbocycles. The second-order valence-corrected chi connectivity index (χ2v) is 19.4. The van der Waals surface area contributed by atoms with E-state index in [0.29, 0.717) is 26.2 Å². The van der Waals surface area contributed by atoms with E-state index in [1.165, 1.54) is 10.4 Å². The van der Waals surface area contributed by atoms with Crippen molar-refractivity contribution in [1.82, 2.24) is 0 Å². The van der Waals surface area contributed by atoms with Gasteiger partial charge in [-0.2, -0.15) is 0 Å². The summed E-state index contributed by atoms with van der Waals surface area (Å²) in [6.45, 7) is 20.1. The molecular formula is C37H54O6Si. The maximum absolute atomic E-state index is 12.4. The Labute approximate surface area is 266 Å². The van der Waals surface area contributed by atoms with E-state index in [9.17, 15) is 4.79 Å². The van der Waals surface area contributed by atoms with Crippen molar-refractivity contribution in [2.24, 2.45) is 10.8 Å². The van der Waals surface area contributed by atoms with Crippen molar-refractivity contribution in [1.29, 1.82) is 0 Å². The summed E-state index contributed by atoms with van der Waals surface area (Å²) in [6, 6.07) is 21.5. The molecule has 7 heteroatoms. The highest BCUT2D eigenvalue weighted by Gasteiger charge is 2.54. The molecule has 2 aliphatic heterocycles. The summed E-state index contributed by atoms with van der Waals surface area (Å²) in [4.78, 5) is 12.4. The van der Waals surface area contributed by atoms with Gasteiger partial charge in [0.25, 0.3) is 8.32 Å². The highest BCUT2D eigenvalue weighted by Crippen LogP contribution is 2.46. The number of esters is 1. The van der Waals surface area contributed by atoms with Crippen LogP contribution in [0, 0.1) is 10.8 Å². The molecule has 0 aliphatic carbocycles. The first-order valence-corrected chi connectivity index (χ1v) is 18.1. The molecule has 2 aromatic rings. The van der Waals surface area contributed by atoms with Crippen LogP contribution in [-0.2, 0) is 28.2 Å². The SMILES string of the molecule is CC1(C)OC[C@@]2(C)[C@H](CCOC(=O)C(C)(C)C)O[C@H](/C=C/CCO[Si](c3ccccc3)(c3ccccc3)C(C)(C)C)C[C@H]2O1. The summed E-state index contributed by atoms with van der Waals surface area (Å²) in [5.41, 5.74) is -0.872. The lowest BCUT2D eigenvalue weighted by Crippen LogP contribution is -2.66. The number of hydrogen-bond donors (Lipinski definition) is 0. The quantitative estimate of drug-likeness (QED) is 0.126. The molecule has 0 N–H and O–H groups in total. The number of benzene rings is 2. The Bertz CT molecular complexity index is 1210. The number of hydrogen-bond acceptors (Lipinski definition) is 6. The summed E-state index contributed by atoms with van der Waals surface area (Å²) in [6.07, 6.45) is 6.13. The van der Waals surface area contributed by atoms with Crippen LogP contribution in [0.4, 0.5) is 0 Å².